The number of aromatic hydroxyl groups is 1. The maximum atomic E-state index is 10.1. The molecule has 0 radical (unpaired) electrons. The Morgan fingerprint density at radius 1 is 1.16 bits per heavy atom. The Hall–Kier alpha value is -2.11. The molecular formula is C20H24N2O2S. The van der Waals surface area contributed by atoms with Crippen LogP contribution in [0.4, 0.5) is 0 Å². The number of para-hydroxylation sites is 1. The average molecular weight is 356 g/mol. The summed E-state index contributed by atoms with van der Waals surface area (Å²) in [4.78, 5) is 2.09. The van der Waals surface area contributed by atoms with Crippen molar-refractivity contribution >= 4 is 17.3 Å². The highest BCUT2D eigenvalue weighted by Gasteiger charge is 2.21. The average Bonchev–Trinajstić information content (AvgIpc) is 3.15. The van der Waals surface area contributed by atoms with Crippen LogP contribution in [0.5, 0.6) is 5.75 Å². The van der Waals surface area contributed by atoms with Crippen molar-refractivity contribution in [3.63, 3.8) is 0 Å². The van der Waals surface area contributed by atoms with Gasteiger partial charge in [0.25, 0.3) is 0 Å². The van der Waals surface area contributed by atoms with Crippen molar-refractivity contribution in [3.05, 3.63) is 65.7 Å². The molecule has 1 unspecified atom stereocenters. The summed E-state index contributed by atoms with van der Waals surface area (Å²) in [6, 6.07) is 17.6. The predicted octanol–water partition coefficient (Wildman–Crippen LogP) is 3.45. The molecule has 132 valence electrons. The molecule has 2 aromatic carbocycles. The van der Waals surface area contributed by atoms with Gasteiger partial charge in [0.1, 0.15) is 5.75 Å². The van der Waals surface area contributed by atoms with Crippen LogP contribution >= 0.6 is 12.2 Å². The Morgan fingerprint density at radius 3 is 2.64 bits per heavy atom. The van der Waals surface area contributed by atoms with E-state index in [2.05, 4.69) is 22.3 Å². The maximum absolute atomic E-state index is 10.1. The van der Waals surface area contributed by atoms with Gasteiger partial charge >= 0.3 is 0 Å². The fourth-order valence-corrected chi connectivity index (χ4v) is 3.20. The first-order valence-electron chi connectivity index (χ1n) is 8.67. The molecule has 1 saturated heterocycles. The normalized spacial score (nSPS) is 16.6. The van der Waals surface area contributed by atoms with Crippen LogP contribution in [0, 0.1) is 0 Å². The molecule has 4 nitrogen and oxygen atoms in total. The van der Waals surface area contributed by atoms with Gasteiger partial charge in [-0.3, -0.25) is 0 Å². The molecule has 0 aromatic heterocycles. The quantitative estimate of drug-likeness (QED) is 0.776. The van der Waals surface area contributed by atoms with E-state index in [9.17, 15) is 5.11 Å². The number of hydrogen-bond donors (Lipinski definition) is 2. The van der Waals surface area contributed by atoms with E-state index in [1.54, 1.807) is 6.07 Å². The SMILES string of the molecule is Oc1ccccc1CN(CC1CCCO1)C(=S)NCc1ccccc1. The first kappa shape index (κ1) is 17.7. The highest BCUT2D eigenvalue weighted by Crippen LogP contribution is 2.20. The van der Waals surface area contributed by atoms with Crippen molar-refractivity contribution in [2.75, 3.05) is 13.2 Å². The van der Waals surface area contributed by atoms with E-state index < -0.39 is 0 Å². The van der Waals surface area contributed by atoms with Gasteiger partial charge in [-0.2, -0.15) is 0 Å². The van der Waals surface area contributed by atoms with Crippen molar-refractivity contribution in [3.8, 4) is 5.75 Å². The van der Waals surface area contributed by atoms with Crippen LogP contribution in [-0.4, -0.2) is 34.4 Å². The third-order valence-corrected chi connectivity index (χ3v) is 4.78. The zero-order valence-corrected chi connectivity index (χ0v) is 15.0. The minimum absolute atomic E-state index is 0.197. The number of rotatable bonds is 6. The van der Waals surface area contributed by atoms with Crippen molar-refractivity contribution in [2.24, 2.45) is 0 Å². The number of phenolic OH excluding ortho intramolecular Hbond substituents is 1. The lowest BCUT2D eigenvalue weighted by molar-refractivity contribution is 0.0896. The minimum atomic E-state index is 0.197. The summed E-state index contributed by atoms with van der Waals surface area (Å²) in [5.41, 5.74) is 2.05. The second-order valence-electron chi connectivity index (χ2n) is 6.29. The number of benzene rings is 2. The van der Waals surface area contributed by atoms with Crippen LogP contribution in [-0.2, 0) is 17.8 Å². The number of nitrogens with one attached hydrogen (secondary N) is 1. The number of ether oxygens (including phenoxy) is 1. The van der Waals surface area contributed by atoms with Gasteiger partial charge in [-0.15, -0.1) is 0 Å². The van der Waals surface area contributed by atoms with Crippen LogP contribution in [0.15, 0.2) is 54.6 Å². The van der Waals surface area contributed by atoms with E-state index in [4.69, 9.17) is 17.0 Å². The van der Waals surface area contributed by atoms with Gasteiger partial charge in [0.15, 0.2) is 5.11 Å². The Morgan fingerprint density at radius 2 is 1.92 bits per heavy atom. The van der Waals surface area contributed by atoms with E-state index in [-0.39, 0.29) is 6.10 Å². The van der Waals surface area contributed by atoms with E-state index in [0.717, 1.165) is 31.6 Å². The van der Waals surface area contributed by atoms with Gasteiger partial charge in [0.05, 0.1) is 6.10 Å². The lowest BCUT2D eigenvalue weighted by Gasteiger charge is -2.28. The van der Waals surface area contributed by atoms with Gasteiger partial charge in [0.2, 0.25) is 0 Å². The largest absolute Gasteiger partial charge is 0.508 e. The van der Waals surface area contributed by atoms with Gasteiger partial charge in [-0.1, -0.05) is 48.5 Å². The molecule has 25 heavy (non-hydrogen) atoms. The molecule has 1 fully saturated rings. The molecule has 2 aromatic rings. The minimum Gasteiger partial charge on any atom is -0.508 e. The monoisotopic (exact) mass is 356 g/mol. The van der Waals surface area contributed by atoms with Gasteiger partial charge < -0.3 is 20.1 Å². The van der Waals surface area contributed by atoms with Crippen LogP contribution < -0.4 is 5.32 Å². The summed E-state index contributed by atoms with van der Waals surface area (Å²) in [6.45, 7) is 2.80. The number of nitrogens with zero attached hydrogens (tertiary/aromatic N) is 1. The van der Waals surface area contributed by atoms with Crippen molar-refractivity contribution < 1.29 is 9.84 Å². The predicted molar refractivity (Wildman–Crippen MR) is 103 cm³/mol. The molecule has 1 heterocycles. The first-order valence-corrected chi connectivity index (χ1v) is 9.08. The molecule has 0 amide bonds. The summed E-state index contributed by atoms with van der Waals surface area (Å²) in [5.74, 6) is 0.297. The topological polar surface area (TPSA) is 44.7 Å². The lowest BCUT2D eigenvalue weighted by atomic mass is 10.1. The Kier molecular flexibility index (Phi) is 6.25. The van der Waals surface area contributed by atoms with Crippen molar-refractivity contribution in [1.29, 1.82) is 0 Å². The molecule has 0 bridgehead atoms. The summed E-state index contributed by atoms with van der Waals surface area (Å²) in [7, 11) is 0. The maximum Gasteiger partial charge on any atom is 0.169 e. The van der Waals surface area contributed by atoms with Crippen LogP contribution in [0.3, 0.4) is 0 Å². The number of hydrogen-bond acceptors (Lipinski definition) is 3. The smallest absolute Gasteiger partial charge is 0.169 e. The molecule has 0 aliphatic carbocycles. The molecule has 1 atom stereocenters. The number of thiocarbonyl (C=S) groups is 1. The number of phenols is 1. The molecule has 3 rings (SSSR count). The van der Waals surface area contributed by atoms with Crippen LogP contribution in [0.1, 0.15) is 24.0 Å². The fraction of sp³-hybridized carbons (Fsp3) is 0.350. The lowest BCUT2D eigenvalue weighted by Crippen LogP contribution is -2.42. The molecular weight excluding hydrogens is 332 g/mol. The molecule has 0 spiro atoms. The van der Waals surface area contributed by atoms with Crippen LogP contribution in [0.2, 0.25) is 0 Å². The van der Waals surface area contributed by atoms with Crippen LogP contribution in [0.25, 0.3) is 0 Å². The zero-order chi connectivity index (χ0) is 17.5. The first-order chi connectivity index (χ1) is 12.2. The van der Waals surface area contributed by atoms with E-state index in [1.807, 2.05) is 36.4 Å². The molecule has 5 heteroatoms. The third-order valence-electron chi connectivity index (χ3n) is 4.37. The highest BCUT2D eigenvalue weighted by atomic mass is 32.1. The summed E-state index contributed by atoms with van der Waals surface area (Å²) < 4.78 is 5.77. The summed E-state index contributed by atoms with van der Waals surface area (Å²) in [5, 5.41) is 14.1. The second-order valence-corrected chi connectivity index (χ2v) is 6.68. The van der Waals surface area contributed by atoms with Gasteiger partial charge in [-0.25, -0.2) is 0 Å². The van der Waals surface area contributed by atoms with E-state index in [1.165, 1.54) is 5.56 Å². The summed E-state index contributed by atoms with van der Waals surface area (Å²) >= 11 is 5.63. The van der Waals surface area contributed by atoms with Crippen molar-refractivity contribution in [1.82, 2.24) is 10.2 Å². The Bertz CT molecular complexity index is 687. The third kappa shape index (κ3) is 5.18. The Labute approximate surface area is 154 Å². The second kappa shape index (κ2) is 8.83. The van der Waals surface area contributed by atoms with E-state index in [0.29, 0.717) is 24.0 Å². The molecule has 2 N–H and O–H groups in total. The highest BCUT2D eigenvalue weighted by molar-refractivity contribution is 7.80. The van der Waals surface area contributed by atoms with Gasteiger partial charge in [0, 0.05) is 31.8 Å². The standard InChI is InChI=1S/C20H24N2O2S/c23-19-11-5-4-9-17(19)14-22(15-18-10-6-12-24-18)20(25)21-13-16-7-2-1-3-8-16/h1-5,7-9,11,18,23H,6,10,12-15H2,(H,21,25). The summed E-state index contributed by atoms with van der Waals surface area (Å²) in [6.07, 6.45) is 2.35. The van der Waals surface area contributed by atoms with E-state index >= 15 is 0 Å². The molecule has 0 saturated carbocycles. The van der Waals surface area contributed by atoms with Gasteiger partial charge in [-0.05, 0) is 36.7 Å². The van der Waals surface area contributed by atoms with Crippen molar-refractivity contribution in [2.45, 2.75) is 32.0 Å². The Balaban J connectivity index is 1.66. The molecule has 1 aliphatic rings. The molecule has 1 aliphatic heterocycles. The fourth-order valence-electron chi connectivity index (χ4n) is 2.99. The zero-order valence-electron chi connectivity index (χ0n) is 14.2.